The molecule has 0 amide bonds. The zero-order valence-corrected chi connectivity index (χ0v) is 9.18. The monoisotopic (exact) mass is 242 g/mol. The van der Waals surface area contributed by atoms with Crippen LogP contribution in [0.3, 0.4) is 0 Å². The van der Waals surface area contributed by atoms with Crippen LogP contribution in [0.5, 0.6) is 0 Å². The summed E-state index contributed by atoms with van der Waals surface area (Å²) in [7, 11) is 0. The van der Waals surface area contributed by atoms with Crippen molar-refractivity contribution in [2.75, 3.05) is 0 Å². The quantitative estimate of drug-likeness (QED) is 0.851. The Morgan fingerprint density at radius 1 is 1.27 bits per heavy atom. The summed E-state index contributed by atoms with van der Waals surface area (Å²) < 4.78 is 0. The first-order chi connectivity index (χ1) is 7.22. The minimum atomic E-state index is -0.0882. The number of hydrogen-bond donors (Lipinski definition) is 2. The molecule has 2 N–H and O–H groups in total. The first kappa shape index (κ1) is 10.5. The van der Waals surface area contributed by atoms with E-state index in [2.05, 4.69) is 9.97 Å². The first-order valence-corrected chi connectivity index (χ1v) is 5.07. The second-order valence-electron chi connectivity index (χ2n) is 3.01. The highest BCUT2D eigenvalue weighted by Gasteiger charge is 2.11. The second-order valence-corrected chi connectivity index (χ2v) is 3.83. The number of aliphatic hydroxyl groups is 1. The summed E-state index contributed by atoms with van der Waals surface area (Å²) in [6.07, 6.45) is 1.55. The Morgan fingerprint density at radius 2 is 1.93 bits per heavy atom. The van der Waals surface area contributed by atoms with Crippen molar-refractivity contribution < 1.29 is 5.11 Å². The van der Waals surface area contributed by atoms with Gasteiger partial charge >= 0.3 is 0 Å². The summed E-state index contributed by atoms with van der Waals surface area (Å²) in [4.78, 5) is 7.03. The zero-order valence-electron chi connectivity index (χ0n) is 7.67. The molecule has 5 heteroatoms. The molecule has 0 saturated heterocycles. The predicted molar refractivity (Wildman–Crippen MR) is 60.0 cm³/mol. The molecule has 0 spiro atoms. The Morgan fingerprint density at radius 3 is 2.47 bits per heavy atom. The third kappa shape index (κ3) is 2.00. The van der Waals surface area contributed by atoms with E-state index < -0.39 is 0 Å². The van der Waals surface area contributed by atoms with Gasteiger partial charge in [-0.2, -0.15) is 0 Å². The molecule has 0 aliphatic rings. The van der Waals surface area contributed by atoms with Crippen molar-refractivity contribution in [1.82, 2.24) is 9.97 Å². The number of H-pyrrole nitrogens is 1. The number of nitrogens with one attached hydrogen (secondary N) is 1. The molecule has 1 heterocycles. The maximum atomic E-state index is 8.90. The molecule has 0 bridgehead atoms. The lowest BCUT2D eigenvalue weighted by atomic mass is 10.2. The van der Waals surface area contributed by atoms with E-state index >= 15 is 0 Å². The minimum Gasteiger partial charge on any atom is -0.390 e. The number of aromatic amines is 1. The number of rotatable bonds is 2. The van der Waals surface area contributed by atoms with Gasteiger partial charge in [0.1, 0.15) is 5.82 Å². The van der Waals surface area contributed by atoms with Crippen LogP contribution in [0.15, 0.2) is 24.4 Å². The van der Waals surface area contributed by atoms with E-state index in [1.807, 2.05) is 0 Å². The molecular weight excluding hydrogens is 235 g/mol. The molecule has 1 aromatic carbocycles. The summed E-state index contributed by atoms with van der Waals surface area (Å²) in [6.45, 7) is -0.0882. The molecule has 3 nitrogen and oxygen atoms in total. The van der Waals surface area contributed by atoms with Crippen molar-refractivity contribution in [3.8, 4) is 11.4 Å². The molecular formula is C10H8Cl2N2O. The lowest BCUT2D eigenvalue weighted by molar-refractivity contribution is 0.277. The van der Waals surface area contributed by atoms with Crippen LogP contribution in [0.25, 0.3) is 11.4 Å². The van der Waals surface area contributed by atoms with Gasteiger partial charge < -0.3 is 10.1 Å². The molecule has 15 heavy (non-hydrogen) atoms. The fourth-order valence-electron chi connectivity index (χ4n) is 1.29. The Hall–Kier alpha value is -1.03. The molecule has 2 rings (SSSR count). The van der Waals surface area contributed by atoms with Crippen molar-refractivity contribution in [2.24, 2.45) is 0 Å². The highest BCUT2D eigenvalue weighted by atomic mass is 35.5. The normalized spacial score (nSPS) is 10.6. The summed E-state index contributed by atoms with van der Waals surface area (Å²) >= 11 is 12.0. The van der Waals surface area contributed by atoms with Crippen LogP contribution in [-0.4, -0.2) is 15.1 Å². The summed E-state index contributed by atoms with van der Waals surface area (Å²) in [6, 6.07) is 5.25. The maximum absolute atomic E-state index is 8.90. The van der Waals surface area contributed by atoms with Gasteiger partial charge in [-0.15, -0.1) is 0 Å². The molecule has 0 aliphatic carbocycles. The van der Waals surface area contributed by atoms with Gasteiger partial charge in [-0.05, 0) is 12.1 Å². The topological polar surface area (TPSA) is 48.9 Å². The summed E-state index contributed by atoms with van der Waals surface area (Å²) in [5.41, 5.74) is 1.28. The van der Waals surface area contributed by atoms with Gasteiger partial charge in [-0.3, -0.25) is 0 Å². The number of hydrogen-bond acceptors (Lipinski definition) is 2. The number of imidazole rings is 1. The highest BCUT2D eigenvalue weighted by Crippen LogP contribution is 2.32. The molecule has 2 aromatic rings. The van der Waals surface area contributed by atoms with E-state index in [1.165, 1.54) is 0 Å². The maximum Gasteiger partial charge on any atom is 0.140 e. The average molecular weight is 243 g/mol. The highest BCUT2D eigenvalue weighted by molar-refractivity contribution is 6.38. The number of nitrogens with zero attached hydrogens (tertiary/aromatic N) is 1. The SMILES string of the molecule is OCc1cnc(-c2c(Cl)cccc2Cl)[nH]1. The van der Waals surface area contributed by atoms with Crippen LogP contribution >= 0.6 is 23.2 Å². The van der Waals surface area contributed by atoms with Crippen molar-refractivity contribution in [3.63, 3.8) is 0 Å². The molecule has 78 valence electrons. The lowest BCUT2D eigenvalue weighted by Gasteiger charge is -2.02. The van der Waals surface area contributed by atoms with Crippen LogP contribution in [0.1, 0.15) is 5.69 Å². The molecule has 1 aromatic heterocycles. The Kier molecular flexibility index (Phi) is 2.95. The summed E-state index contributed by atoms with van der Waals surface area (Å²) in [5.74, 6) is 0.564. The Balaban J connectivity index is 2.53. The van der Waals surface area contributed by atoms with E-state index in [4.69, 9.17) is 28.3 Å². The third-order valence-corrected chi connectivity index (χ3v) is 2.63. The number of benzene rings is 1. The van der Waals surface area contributed by atoms with Crippen molar-refractivity contribution in [2.45, 2.75) is 6.61 Å². The predicted octanol–water partition coefficient (Wildman–Crippen LogP) is 2.88. The van der Waals surface area contributed by atoms with Gasteiger partial charge in [0, 0.05) is 0 Å². The van der Waals surface area contributed by atoms with E-state index in [9.17, 15) is 0 Å². The first-order valence-electron chi connectivity index (χ1n) is 4.31. The second kappa shape index (κ2) is 4.23. The fraction of sp³-hybridized carbons (Fsp3) is 0.100. The van der Waals surface area contributed by atoms with Gasteiger partial charge in [0.05, 0.1) is 34.1 Å². The van der Waals surface area contributed by atoms with Gasteiger partial charge in [-0.25, -0.2) is 4.98 Å². The van der Waals surface area contributed by atoms with Crippen LogP contribution in [0, 0.1) is 0 Å². The zero-order chi connectivity index (χ0) is 10.8. The van der Waals surface area contributed by atoms with Crippen LogP contribution < -0.4 is 0 Å². The smallest absolute Gasteiger partial charge is 0.140 e. The lowest BCUT2D eigenvalue weighted by Crippen LogP contribution is -1.85. The van der Waals surface area contributed by atoms with Crippen molar-refractivity contribution >= 4 is 23.2 Å². The summed E-state index contributed by atoms with van der Waals surface area (Å²) in [5, 5.41) is 9.96. The van der Waals surface area contributed by atoms with Gasteiger partial charge in [0.25, 0.3) is 0 Å². The molecule has 0 unspecified atom stereocenters. The van der Waals surface area contributed by atoms with Crippen LogP contribution in [0.4, 0.5) is 0 Å². The van der Waals surface area contributed by atoms with Crippen LogP contribution in [-0.2, 0) is 6.61 Å². The van der Waals surface area contributed by atoms with Crippen molar-refractivity contribution in [1.29, 1.82) is 0 Å². The Bertz CT molecular complexity index is 462. The van der Waals surface area contributed by atoms with E-state index in [-0.39, 0.29) is 6.61 Å². The van der Waals surface area contributed by atoms with Gasteiger partial charge in [0.2, 0.25) is 0 Å². The fourth-order valence-corrected chi connectivity index (χ4v) is 1.87. The van der Waals surface area contributed by atoms with Crippen LogP contribution in [0.2, 0.25) is 10.0 Å². The standard InChI is InChI=1S/C10H8Cl2N2O/c11-7-2-1-3-8(12)9(7)10-13-4-6(5-15)14-10/h1-4,15H,5H2,(H,13,14). The molecule has 0 saturated carbocycles. The molecule has 0 aliphatic heterocycles. The van der Waals surface area contributed by atoms with E-state index in [0.717, 1.165) is 0 Å². The van der Waals surface area contributed by atoms with E-state index in [1.54, 1.807) is 24.4 Å². The minimum absolute atomic E-state index is 0.0882. The van der Waals surface area contributed by atoms with E-state index in [0.29, 0.717) is 27.1 Å². The van der Waals surface area contributed by atoms with Gasteiger partial charge in [0.15, 0.2) is 0 Å². The van der Waals surface area contributed by atoms with Gasteiger partial charge in [-0.1, -0.05) is 29.3 Å². The third-order valence-electron chi connectivity index (χ3n) is 2.00. The average Bonchev–Trinajstić information content (AvgIpc) is 2.66. The molecule has 0 radical (unpaired) electrons. The Labute approximate surface area is 96.7 Å². The number of aromatic nitrogens is 2. The number of aliphatic hydroxyl groups excluding tert-OH is 1. The van der Waals surface area contributed by atoms with Crippen molar-refractivity contribution in [3.05, 3.63) is 40.1 Å². The largest absolute Gasteiger partial charge is 0.390 e. The molecule has 0 atom stereocenters. The number of halogens is 2. The molecule has 0 fully saturated rings.